The molecular weight excluding hydrogens is 390 g/mol. The predicted molar refractivity (Wildman–Crippen MR) is 90.9 cm³/mol. The second kappa shape index (κ2) is 7.00. The van der Waals surface area contributed by atoms with E-state index in [1.54, 1.807) is 13.0 Å². The number of methoxy groups -OCH3 is 1. The summed E-state index contributed by atoms with van der Waals surface area (Å²) in [5, 5.41) is 0.330. The van der Waals surface area contributed by atoms with Crippen molar-refractivity contribution in [2.75, 3.05) is 7.11 Å². The molecule has 0 aliphatic heterocycles. The standard InChI is InChI=1S/C15H15BrClNO3S/c1-10(11-4-3-5-12(16)8-11)18-22(19,20)15-9-13(17)6-7-14(15)21-2/h3-10,18H,1-2H3. The molecular formula is C15H15BrClNO3S. The average Bonchev–Trinajstić information content (AvgIpc) is 2.46. The van der Waals surface area contributed by atoms with E-state index in [2.05, 4.69) is 20.7 Å². The van der Waals surface area contributed by atoms with E-state index < -0.39 is 16.1 Å². The minimum absolute atomic E-state index is 0.0179. The molecule has 0 saturated heterocycles. The number of ether oxygens (including phenoxy) is 1. The Labute approximate surface area is 143 Å². The third kappa shape index (κ3) is 4.01. The summed E-state index contributed by atoms with van der Waals surface area (Å²) in [7, 11) is -2.34. The highest BCUT2D eigenvalue weighted by Gasteiger charge is 2.23. The van der Waals surface area contributed by atoms with E-state index >= 15 is 0 Å². The zero-order chi connectivity index (χ0) is 16.3. The number of rotatable bonds is 5. The summed E-state index contributed by atoms with van der Waals surface area (Å²) in [5.74, 6) is 0.248. The van der Waals surface area contributed by atoms with Crippen molar-refractivity contribution in [3.63, 3.8) is 0 Å². The Kier molecular flexibility index (Phi) is 5.50. The fourth-order valence-corrected chi connectivity index (χ4v) is 4.08. The Hall–Kier alpha value is -1.08. The average molecular weight is 405 g/mol. The van der Waals surface area contributed by atoms with Crippen molar-refractivity contribution >= 4 is 37.6 Å². The van der Waals surface area contributed by atoms with E-state index in [1.807, 2.05) is 24.3 Å². The van der Waals surface area contributed by atoms with E-state index in [0.717, 1.165) is 10.0 Å². The molecule has 0 aromatic heterocycles. The molecule has 0 aliphatic rings. The Balaban J connectivity index is 2.33. The van der Waals surface area contributed by atoms with Crippen LogP contribution in [0, 0.1) is 0 Å². The van der Waals surface area contributed by atoms with Gasteiger partial charge in [0.05, 0.1) is 7.11 Å². The largest absolute Gasteiger partial charge is 0.495 e. The number of nitrogens with one attached hydrogen (secondary N) is 1. The van der Waals surface area contributed by atoms with Gasteiger partial charge in [-0.2, -0.15) is 0 Å². The van der Waals surface area contributed by atoms with Gasteiger partial charge in [-0.05, 0) is 42.8 Å². The van der Waals surface area contributed by atoms with Crippen molar-refractivity contribution in [1.82, 2.24) is 4.72 Å². The van der Waals surface area contributed by atoms with Gasteiger partial charge in [0, 0.05) is 15.5 Å². The second-order valence-electron chi connectivity index (χ2n) is 4.69. The van der Waals surface area contributed by atoms with Crippen LogP contribution in [0.1, 0.15) is 18.5 Å². The molecule has 2 aromatic carbocycles. The van der Waals surface area contributed by atoms with Crippen LogP contribution in [0.25, 0.3) is 0 Å². The van der Waals surface area contributed by atoms with E-state index in [1.165, 1.54) is 19.2 Å². The molecule has 0 amide bonds. The molecule has 118 valence electrons. The summed E-state index contributed by atoms with van der Waals surface area (Å²) < 4.78 is 33.8. The van der Waals surface area contributed by atoms with Crippen LogP contribution in [-0.2, 0) is 10.0 Å². The fraction of sp³-hybridized carbons (Fsp3) is 0.200. The molecule has 0 aliphatic carbocycles. The molecule has 4 nitrogen and oxygen atoms in total. The summed E-state index contributed by atoms with van der Waals surface area (Å²) in [5.41, 5.74) is 0.846. The molecule has 0 fully saturated rings. The monoisotopic (exact) mass is 403 g/mol. The smallest absolute Gasteiger partial charge is 0.244 e. The summed E-state index contributed by atoms with van der Waals surface area (Å²) >= 11 is 9.27. The zero-order valence-electron chi connectivity index (χ0n) is 12.0. The van der Waals surface area contributed by atoms with Crippen LogP contribution in [0.3, 0.4) is 0 Å². The van der Waals surface area contributed by atoms with E-state index in [-0.39, 0.29) is 10.6 Å². The third-order valence-electron chi connectivity index (χ3n) is 3.10. The van der Waals surface area contributed by atoms with Gasteiger partial charge in [-0.25, -0.2) is 13.1 Å². The second-order valence-corrected chi connectivity index (χ2v) is 7.73. The molecule has 0 bridgehead atoms. The Morgan fingerprint density at radius 3 is 2.59 bits per heavy atom. The topological polar surface area (TPSA) is 55.4 Å². The van der Waals surface area contributed by atoms with Gasteiger partial charge in [-0.15, -0.1) is 0 Å². The van der Waals surface area contributed by atoms with Gasteiger partial charge in [0.15, 0.2) is 0 Å². The molecule has 1 atom stereocenters. The van der Waals surface area contributed by atoms with Gasteiger partial charge < -0.3 is 4.74 Å². The lowest BCUT2D eigenvalue weighted by molar-refractivity contribution is 0.402. The highest BCUT2D eigenvalue weighted by atomic mass is 79.9. The third-order valence-corrected chi connectivity index (χ3v) is 5.39. The number of hydrogen-bond donors (Lipinski definition) is 1. The molecule has 1 unspecified atom stereocenters. The van der Waals surface area contributed by atoms with Crippen LogP contribution in [-0.4, -0.2) is 15.5 Å². The highest BCUT2D eigenvalue weighted by Crippen LogP contribution is 2.28. The SMILES string of the molecule is COc1ccc(Cl)cc1S(=O)(=O)NC(C)c1cccc(Br)c1. The lowest BCUT2D eigenvalue weighted by Gasteiger charge is -2.16. The Morgan fingerprint density at radius 1 is 1.23 bits per heavy atom. The molecule has 1 N–H and O–H groups in total. The normalized spacial score (nSPS) is 12.9. The van der Waals surface area contributed by atoms with Crippen LogP contribution in [0.4, 0.5) is 0 Å². The summed E-state index contributed by atoms with van der Waals surface area (Å²) in [6.45, 7) is 1.77. The minimum atomic E-state index is -3.76. The van der Waals surface area contributed by atoms with Crippen molar-refractivity contribution < 1.29 is 13.2 Å². The van der Waals surface area contributed by atoms with Crippen LogP contribution < -0.4 is 9.46 Å². The number of hydrogen-bond acceptors (Lipinski definition) is 3. The van der Waals surface area contributed by atoms with Crippen LogP contribution in [0.15, 0.2) is 51.8 Å². The first kappa shape index (κ1) is 17.3. The molecule has 0 radical (unpaired) electrons. The molecule has 0 heterocycles. The molecule has 2 aromatic rings. The van der Waals surface area contributed by atoms with Gasteiger partial charge >= 0.3 is 0 Å². The van der Waals surface area contributed by atoms with Crippen molar-refractivity contribution in [1.29, 1.82) is 0 Å². The maximum absolute atomic E-state index is 12.6. The lowest BCUT2D eigenvalue weighted by atomic mass is 10.1. The van der Waals surface area contributed by atoms with Gasteiger partial charge in [0.2, 0.25) is 10.0 Å². The number of halogens is 2. The first-order chi connectivity index (χ1) is 10.3. The summed E-state index contributed by atoms with van der Waals surface area (Å²) in [6.07, 6.45) is 0. The highest BCUT2D eigenvalue weighted by molar-refractivity contribution is 9.10. The lowest BCUT2D eigenvalue weighted by Crippen LogP contribution is -2.27. The predicted octanol–water partition coefficient (Wildman–Crippen LogP) is 4.15. The van der Waals surface area contributed by atoms with E-state index in [9.17, 15) is 8.42 Å². The molecule has 0 spiro atoms. The Bertz CT molecular complexity index is 780. The Morgan fingerprint density at radius 2 is 1.95 bits per heavy atom. The minimum Gasteiger partial charge on any atom is -0.495 e. The maximum Gasteiger partial charge on any atom is 0.244 e. The van der Waals surface area contributed by atoms with Crippen LogP contribution in [0.5, 0.6) is 5.75 Å². The molecule has 7 heteroatoms. The zero-order valence-corrected chi connectivity index (χ0v) is 15.2. The van der Waals surface area contributed by atoms with E-state index in [0.29, 0.717) is 5.02 Å². The van der Waals surface area contributed by atoms with Gasteiger partial charge in [-0.1, -0.05) is 39.7 Å². The van der Waals surface area contributed by atoms with Crippen molar-refractivity contribution in [2.24, 2.45) is 0 Å². The molecule has 0 saturated carbocycles. The quantitative estimate of drug-likeness (QED) is 0.814. The van der Waals surface area contributed by atoms with E-state index in [4.69, 9.17) is 16.3 Å². The van der Waals surface area contributed by atoms with Crippen LogP contribution in [0.2, 0.25) is 5.02 Å². The van der Waals surface area contributed by atoms with Gasteiger partial charge in [0.1, 0.15) is 10.6 Å². The first-order valence-electron chi connectivity index (χ1n) is 6.45. The van der Waals surface area contributed by atoms with Crippen molar-refractivity contribution in [3.05, 3.63) is 57.5 Å². The number of benzene rings is 2. The maximum atomic E-state index is 12.6. The molecule has 22 heavy (non-hydrogen) atoms. The summed E-state index contributed by atoms with van der Waals surface area (Å²) in [4.78, 5) is 0.0179. The van der Waals surface area contributed by atoms with Crippen molar-refractivity contribution in [2.45, 2.75) is 17.9 Å². The first-order valence-corrected chi connectivity index (χ1v) is 9.10. The van der Waals surface area contributed by atoms with Crippen molar-refractivity contribution in [3.8, 4) is 5.75 Å². The van der Waals surface area contributed by atoms with Gasteiger partial charge in [-0.3, -0.25) is 0 Å². The molecule has 2 rings (SSSR count). The summed E-state index contributed by atoms with van der Waals surface area (Å²) in [6, 6.07) is 11.5. The number of sulfonamides is 1. The fourth-order valence-electron chi connectivity index (χ4n) is 2.00. The van der Waals surface area contributed by atoms with Crippen LogP contribution >= 0.6 is 27.5 Å². The van der Waals surface area contributed by atoms with Gasteiger partial charge in [0.25, 0.3) is 0 Å².